The Morgan fingerprint density at radius 3 is 2.74 bits per heavy atom. The van der Waals surface area contributed by atoms with Crippen LogP contribution in [0, 0.1) is 0 Å². The van der Waals surface area contributed by atoms with Gasteiger partial charge in [-0.05, 0) is 49.4 Å². The molecule has 0 aliphatic carbocycles. The molecule has 1 unspecified atom stereocenters. The Morgan fingerprint density at radius 1 is 1.33 bits per heavy atom. The summed E-state index contributed by atoms with van der Waals surface area (Å²) in [5.41, 5.74) is 1.33. The van der Waals surface area contributed by atoms with Crippen LogP contribution in [0.5, 0.6) is 0 Å². The number of nitrogens with zero attached hydrogens (tertiary/aromatic N) is 2. The molecule has 1 fully saturated rings. The molecule has 0 aromatic heterocycles. The van der Waals surface area contributed by atoms with Gasteiger partial charge in [0.1, 0.15) is 5.25 Å². The molecule has 2 aromatic rings. The molecule has 1 saturated heterocycles. The third-order valence-corrected chi connectivity index (χ3v) is 5.84. The maximum atomic E-state index is 12.7. The summed E-state index contributed by atoms with van der Waals surface area (Å²) in [7, 11) is 0. The van der Waals surface area contributed by atoms with Crippen LogP contribution in [0.2, 0.25) is 5.02 Å². The van der Waals surface area contributed by atoms with Crippen LogP contribution in [-0.4, -0.2) is 33.7 Å². The Balaban J connectivity index is 1.80. The number of hydrogen-bond acceptors (Lipinski definition) is 4. The summed E-state index contributed by atoms with van der Waals surface area (Å²) in [6.45, 7) is 2.39. The van der Waals surface area contributed by atoms with Crippen LogP contribution >= 0.6 is 39.3 Å². The first-order chi connectivity index (χ1) is 13.0. The van der Waals surface area contributed by atoms with Crippen LogP contribution in [0.15, 0.2) is 58.0 Å². The molecule has 3 rings (SSSR count). The Morgan fingerprint density at radius 2 is 2.07 bits per heavy atom. The first kappa shape index (κ1) is 19.9. The molecule has 1 atom stereocenters. The van der Waals surface area contributed by atoms with Gasteiger partial charge < -0.3 is 5.32 Å². The number of amidine groups is 1. The van der Waals surface area contributed by atoms with Crippen LogP contribution in [0.25, 0.3) is 0 Å². The number of hydrogen-bond donors (Lipinski definition) is 1. The Hall–Kier alpha value is -1.83. The lowest BCUT2D eigenvalue weighted by Gasteiger charge is -2.30. The fraction of sp³-hybridized carbons (Fsp3) is 0.211. The highest BCUT2D eigenvalue weighted by Gasteiger charge is 2.35. The minimum absolute atomic E-state index is 0.113. The molecule has 1 heterocycles. The van der Waals surface area contributed by atoms with Crippen molar-refractivity contribution < 1.29 is 9.59 Å². The van der Waals surface area contributed by atoms with E-state index in [1.54, 1.807) is 29.2 Å². The number of carbonyl (C=O) groups is 2. The predicted molar refractivity (Wildman–Crippen MR) is 115 cm³/mol. The van der Waals surface area contributed by atoms with Gasteiger partial charge in [0.05, 0.1) is 5.69 Å². The van der Waals surface area contributed by atoms with E-state index in [4.69, 9.17) is 11.6 Å². The van der Waals surface area contributed by atoms with Gasteiger partial charge in [-0.15, -0.1) is 0 Å². The molecule has 2 aromatic carbocycles. The summed E-state index contributed by atoms with van der Waals surface area (Å²) in [4.78, 5) is 31.4. The fourth-order valence-electron chi connectivity index (χ4n) is 2.57. The number of anilines is 1. The van der Waals surface area contributed by atoms with E-state index >= 15 is 0 Å². The number of benzene rings is 2. The largest absolute Gasteiger partial charge is 0.325 e. The Labute approximate surface area is 175 Å². The minimum atomic E-state index is -0.548. The van der Waals surface area contributed by atoms with Gasteiger partial charge in [0.25, 0.3) is 0 Å². The monoisotopic (exact) mass is 465 g/mol. The zero-order chi connectivity index (χ0) is 19.4. The number of amides is 2. The second kappa shape index (κ2) is 8.91. The van der Waals surface area contributed by atoms with Crippen LogP contribution in [0.3, 0.4) is 0 Å². The van der Waals surface area contributed by atoms with E-state index in [9.17, 15) is 9.59 Å². The number of halogens is 2. The van der Waals surface area contributed by atoms with Gasteiger partial charge in [-0.3, -0.25) is 14.5 Å². The molecule has 0 radical (unpaired) electrons. The molecule has 1 aliphatic rings. The van der Waals surface area contributed by atoms with E-state index in [1.165, 1.54) is 11.8 Å². The Kier molecular flexibility index (Phi) is 6.57. The van der Waals surface area contributed by atoms with E-state index in [0.717, 1.165) is 10.2 Å². The van der Waals surface area contributed by atoms with Crippen LogP contribution in [0.4, 0.5) is 11.4 Å². The van der Waals surface area contributed by atoms with Gasteiger partial charge in [0, 0.05) is 28.1 Å². The topological polar surface area (TPSA) is 61.8 Å². The van der Waals surface area contributed by atoms with E-state index in [1.807, 2.05) is 31.2 Å². The zero-order valence-corrected chi connectivity index (χ0v) is 17.6. The third-order valence-electron chi connectivity index (χ3n) is 3.89. The molecule has 27 heavy (non-hydrogen) atoms. The average Bonchev–Trinajstić information content (AvgIpc) is 2.63. The highest BCUT2D eigenvalue weighted by atomic mass is 79.9. The SMILES string of the molecule is CCN1C(=O)CC(C(=O)Nc2cccc(Cl)c2)SC1=Nc1ccc(Br)cc1. The van der Waals surface area contributed by atoms with Gasteiger partial charge >= 0.3 is 0 Å². The minimum Gasteiger partial charge on any atom is -0.325 e. The highest BCUT2D eigenvalue weighted by molar-refractivity contribution is 9.10. The van der Waals surface area contributed by atoms with Gasteiger partial charge in [0.2, 0.25) is 11.8 Å². The van der Waals surface area contributed by atoms with E-state index in [2.05, 4.69) is 26.2 Å². The molecular formula is C19H17BrClN3O2S. The average molecular weight is 467 g/mol. The summed E-state index contributed by atoms with van der Waals surface area (Å²) in [5, 5.41) is 3.34. The number of thioether (sulfide) groups is 1. The number of nitrogens with one attached hydrogen (secondary N) is 1. The van der Waals surface area contributed by atoms with Crippen LogP contribution < -0.4 is 5.32 Å². The van der Waals surface area contributed by atoms with Gasteiger partial charge in [-0.1, -0.05) is 45.4 Å². The lowest BCUT2D eigenvalue weighted by molar-refractivity contribution is -0.129. The predicted octanol–water partition coefficient (Wildman–Crippen LogP) is 5.08. The first-order valence-electron chi connectivity index (χ1n) is 8.34. The second-order valence-corrected chi connectivity index (χ2v) is 8.34. The van der Waals surface area contributed by atoms with Crippen molar-refractivity contribution in [2.24, 2.45) is 4.99 Å². The number of aliphatic imine (C=N–C) groups is 1. The molecule has 2 amide bonds. The normalized spacial score (nSPS) is 18.6. The standard InChI is InChI=1S/C19H17BrClN3O2S/c1-2-24-17(25)11-16(18(26)22-15-5-3-4-13(21)10-15)27-19(24)23-14-8-6-12(20)7-9-14/h3-10,16H,2,11H2,1H3,(H,22,26). The van der Waals surface area contributed by atoms with Crippen molar-refractivity contribution in [3.8, 4) is 0 Å². The summed E-state index contributed by atoms with van der Waals surface area (Å²) < 4.78 is 0.949. The second-order valence-electron chi connectivity index (χ2n) is 5.82. The maximum absolute atomic E-state index is 12.7. The van der Waals surface area contributed by atoms with Gasteiger partial charge in [-0.25, -0.2) is 4.99 Å². The zero-order valence-electron chi connectivity index (χ0n) is 14.5. The van der Waals surface area contributed by atoms with Crippen molar-refractivity contribution >= 4 is 67.6 Å². The van der Waals surface area contributed by atoms with E-state index in [0.29, 0.717) is 22.4 Å². The van der Waals surface area contributed by atoms with E-state index in [-0.39, 0.29) is 18.2 Å². The molecule has 0 spiro atoms. The van der Waals surface area contributed by atoms with E-state index < -0.39 is 5.25 Å². The molecule has 0 saturated carbocycles. The van der Waals surface area contributed by atoms with Crippen molar-refractivity contribution in [3.05, 3.63) is 58.0 Å². The van der Waals surface area contributed by atoms with Gasteiger partial charge in [-0.2, -0.15) is 0 Å². The lowest BCUT2D eigenvalue weighted by atomic mass is 10.2. The molecule has 8 heteroatoms. The molecule has 140 valence electrons. The third kappa shape index (κ3) is 5.12. The van der Waals surface area contributed by atoms with Gasteiger partial charge in [0.15, 0.2) is 5.17 Å². The number of rotatable bonds is 4. The summed E-state index contributed by atoms with van der Waals surface area (Å²) >= 11 is 10.6. The lowest BCUT2D eigenvalue weighted by Crippen LogP contribution is -2.45. The number of carbonyl (C=O) groups excluding carboxylic acids is 2. The van der Waals surface area contributed by atoms with Crippen molar-refractivity contribution in [3.63, 3.8) is 0 Å². The van der Waals surface area contributed by atoms with Crippen molar-refractivity contribution in [1.82, 2.24) is 4.90 Å². The fourth-order valence-corrected chi connectivity index (χ4v) is 4.18. The van der Waals surface area contributed by atoms with Crippen molar-refractivity contribution in [2.45, 2.75) is 18.6 Å². The van der Waals surface area contributed by atoms with Crippen molar-refractivity contribution in [1.29, 1.82) is 0 Å². The molecule has 0 bridgehead atoms. The summed E-state index contributed by atoms with van der Waals surface area (Å²) in [6.07, 6.45) is 0.129. The van der Waals surface area contributed by atoms with Crippen LogP contribution in [0.1, 0.15) is 13.3 Å². The molecule has 1 aliphatic heterocycles. The van der Waals surface area contributed by atoms with Crippen LogP contribution in [-0.2, 0) is 9.59 Å². The molecular weight excluding hydrogens is 450 g/mol. The summed E-state index contributed by atoms with van der Waals surface area (Å²) in [5.74, 6) is -0.353. The highest BCUT2D eigenvalue weighted by Crippen LogP contribution is 2.30. The maximum Gasteiger partial charge on any atom is 0.238 e. The molecule has 5 nitrogen and oxygen atoms in total. The summed E-state index contributed by atoms with van der Waals surface area (Å²) in [6, 6.07) is 14.4. The van der Waals surface area contributed by atoms with Crippen molar-refractivity contribution in [2.75, 3.05) is 11.9 Å². The molecule has 1 N–H and O–H groups in total. The first-order valence-corrected chi connectivity index (χ1v) is 10.4. The quantitative estimate of drug-likeness (QED) is 0.683. The smallest absolute Gasteiger partial charge is 0.238 e. The Bertz CT molecular complexity index is 889.